The number of esters is 1. The summed E-state index contributed by atoms with van der Waals surface area (Å²) in [5.41, 5.74) is -0.611. The van der Waals surface area contributed by atoms with Crippen LogP contribution in [-0.2, 0) is 14.3 Å². The van der Waals surface area contributed by atoms with Gasteiger partial charge in [-0.1, -0.05) is 0 Å². The second-order valence-corrected chi connectivity index (χ2v) is 8.73. The van der Waals surface area contributed by atoms with Crippen LogP contribution in [-0.4, -0.2) is 72.8 Å². The summed E-state index contributed by atoms with van der Waals surface area (Å²) in [5.74, 6) is -0.268. The minimum atomic E-state index is -0.611. The minimum Gasteiger partial charge on any atom is -0.469 e. The Hall–Kier alpha value is -1.99. The molecule has 3 atom stereocenters. The lowest BCUT2D eigenvalue weighted by Gasteiger charge is -2.42. The van der Waals surface area contributed by atoms with Gasteiger partial charge in [0.05, 0.1) is 13.5 Å². The lowest BCUT2D eigenvalue weighted by Crippen LogP contribution is -2.54. The van der Waals surface area contributed by atoms with Crippen LogP contribution < -0.4 is 5.32 Å². The number of piperidine rings is 1. The van der Waals surface area contributed by atoms with E-state index in [1.165, 1.54) is 7.11 Å². The van der Waals surface area contributed by atoms with E-state index in [0.717, 1.165) is 25.7 Å². The van der Waals surface area contributed by atoms with Gasteiger partial charge in [-0.25, -0.2) is 9.59 Å². The number of amides is 3. The average molecular weight is 383 g/mol. The molecular formula is C19H33N3O5. The van der Waals surface area contributed by atoms with E-state index in [1.54, 1.807) is 39.8 Å². The molecule has 1 N–H and O–H groups in total. The number of carbonyl (C=O) groups is 3. The third-order valence-electron chi connectivity index (χ3n) is 5.26. The predicted molar refractivity (Wildman–Crippen MR) is 100 cm³/mol. The number of fused-ring (bicyclic) bond motifs is 2. The average Bonchev–Trinajstić information content (AvgIpc) is 2.80. The maximum absolute atomic E-state index is 12.5. The number of urea groups is 1. The standard InChI is InChI=1S/C19H33N3O5/c1-19(2,3)27-17(24)20-15(11-16(23)26-6)12-9-13-7-8-14(10-12)22(13)18(25)21(4)5/h12-15H,7-11H2,1-6H3,(H,20,24)/t12?,13?,14?,15-/m1/s1. The molecule has 0 saturated carbocycles. The summed E-state index contributed by atoms with van der Waals surface area (Å²) < 4.78 is 10.2. The number of ether oxygens (including phenoxy) is 2. The topological polar surface area (TPSA) is 88.2 Å². The summed E-state index contributed by atoms with van der Waals surface area (Å²) in [4.78, 5) is 40.2. The fraction of sp³-hybridized carbons (Fsp3) is 0.842. The molecule has 154 valence electrons. The van der Waals surface area contributed by atoms with Gasteiger partial charge in [-0.05, 0) is 52.4 Å². The molecule has 0 aromatic carbocycles. The Bertz CT molecular complexity index is 558. The van der Waals surface area contributed by atoms with Crippen molar-refractivity contribution < 1.29 is 23.9 Å². The van der Waals surface area contributed by atoms with Crippen LogP contribution in [0.4, 0.5) is 9.59 Å². The third-order valence-corrected chi connectivity index (χ3v) is 5.26. The number of rotatable bonds is 4. The number of methoxy groups -OCH3 is 1. The van der Waals surface area contributed by atoms with Crippen LogP contribution in [0.2, 0.25) is 0 Å². The van der Waals surface area contributed by atoms with Crippen molar-refractivity contribution in [2.24, 2.45) is 5.92 Å². The fourth-order valence-electron chi connectivity index (χ4n) is 4.15. The van der Waals surface area contributed by atoms with Gasteiger partial charge in [0.2, 0.25) is 0 Å². The van der Waals surface area contributed by atoms with Crippen molar-refractivity contribution in [1.82, 2.24) is 15.1 Å². The lowest BCUT2D eigenvalue weighted by atomic mass is 9.83. The van der Waals surface area contributed by atoms with Crippen molar-refractivity contribution in [3.05, 3.63) is 0 Å². The molecule has 27 heavy (non-hydrogen) atoms. The zero-order chi connectivity index (χ0) is 20.4. The molecule has 0 aromatic rings. The molecular weight excluding hydrogens is 350 g/mol. The van der Waals surface area contributed by atoms with Gasteiger partial charge in [-0.2, -0.15) is 0 Å². The van der Waals surface area contributed by atoms with E-state index in [1.807, 2.05) is 4.90 Å². The van der Waals surface area contributed by atoms with Gasteiger partial charge in [0.25, 0.3) is 0 Å². The maximum Gasteiger partial charge on any atom is 0.407 e. The van der Waals surface area contributed by atoms with Crippen molar-refractivity contribution >= 4 is 18.1 Å². The Morgan fingerprint density at radius 1 is 1.15 bits per heavy atom. The Morgan fingerprint density at radius 3 is 2.15 bits per heavy atom. The summed E-state index contributed by atoms with van der Waals surface area (Å²) >= 11 is 0. The number of alkyl carbamates (subject to hydrolysis) is 1. The minimum absolute atomic E-state index is 0.0329. The number of hydrogen-bond donors (Lipinski definition) is 1. The molecule has 2 fully saturated rings. The number of nitrogens with one attached hydrogen (secondary N) is 1. The molecule has 0 radical (unpaired) electrons. The second-order valence-electron chi connectivity index (χ2n) is 8.73. The SMILES string of the molecule is COC(=O)C[C@@H](NC(=O)OC(C)(C)C)C1CC2CCC(C1)N2C(=O)N(C)C. The molecule has 0 aromatic heterocycles. The predicted octanol–water partition coefficient (Wildman–Crippen LogP) is 2.37. The lowest BCUT2D eigenvalue weighted by molar-refractivity contribution is -0.141. The van der Waals surface area contributed by atoms with Gasteiger partial charge >= 0.3 is 18.1 Å². The zero-order valence-electron chi connectivity index (χ0n) is 17.3. The van der Waals surface area contributed by atoms with Gasteiger partial charge < -0.3 is 24.6 Å². The van der Waals surface area contributed by atoms with Gasteiger partial charge in [0.1, 0.15) is 5.60 Å². The Kier molecular flexibility index (Phi) is 6.59. The van der Waals surface area contributed by atoms with Crippen LogP contribution in [0, 0.1) is 5.92 Å². The summed E-state index contributed by atoms with van der Waals surface area (Å²) in [6.07, 6.45) is 2.99. The normalized spacial score (nSPS) is 25.6. The van der Waals surface area contributed by atoms with E-state index < -0.39 is 11.7 Å². The van der Waals surface area contributed by atoms with Crippen molar-refractivity contribution in [2.75, 3.05) is 21.2 Å². The molecule has 2 saturated heterocycles. The monoisotopic (exact) mass is 383 g/mol. The summed E-state index contributed by atoms with van der Waals surface area (Å²) in [5, 5.41) is 2.87. The summed E-state index contributed by atoms with van der Waals surface area (Å²) in [6.45, 7) is 5.40. The van der Waals surface area contributed by atoms with Crippen molar-refractivity contribution in [3.63, 3.8) is 0 Å². The Labute approximate surface area is 161 Å². The molecule has 2 heterocycles. The highest BCUT2D eigenvalue weighted by Crippen LogP contribution is 2.41. The van der Waals surface area contributed by atoms with Crippen molar-refractivity contribution in [1.29, 1.82) is 0 Å². The van der Waals surface area contributed by atoms with E-state index in [-0.39, 0.29) is 42.5 Å². The van der Waals surface area contributed by atoms with E-state index >= 15 is 0 Å². The van der Waals surface area contributed by atoms with Gasteiger partial charge in [0.15, 0.2) is 0 Å². The van der Waals surface area contributed by atoms with E-state index in [2.05, 4.69) is 5.32 Å². The summed E-state index contributed by atoms with van der Waals surface area (Å²) in [7, 11) is 4.87. The smallest absolute Gasteiger partial charge is 0.407 e. The van der Waals surface area contributed by atoms with Gasteiger partial charge in [-0.15, -0.1) is 0 Å². The molecule has 0 spiro atoms. The van der Waals surface area contributed by atoms with Crippen LogP contribution in [0.1, 0.15) is 52.9 Å². The highest BCUT2D eigenvalue weighted by molar-refractivity contribution is 5.75. The second kappa shape index (κ2) is 8.35. The van der Waals surface area contributed by atoms with Gasteiger partial charge in [-0.3, -0.25) is 4.79 Å². The summed E-state index contributed by atoms with van der Waals surface area (Å²) in [6, 6.07) is -0.0500. The van der Waals surface area contributed by atoms with Gasteiger partial charge in [0, 0.05) is 32.2 Å². The first kappa shape index (κ1) is 21.3. The van der Waals surface area contributed by atoms with Crippen LogP contribution in [0.5, 0.6) is 0 Å². The number of nitrogens with zero attached hydrogens (tertiary/aromatic N) is 2. The molecule has 3 amide bonds. The van der Waals surface area contributed by atoms with Crippen molar-refractivity contribution in [2.45, 2.75) is 76.6 Å². The first-order valence-electron chi connectivity index (χ1n) is 9.57. The maximum atomic E-state index is 12.5. The Balaban J connectivity index is 2.09. The van der Waals surface area contributed by atoms with Crippen LogP contribution in [0.25, 0.3) is 0 Å². The first-order chi connectivity index (χ1) is 12.5. The van der Waals surface area contributed by atoms with E-state index in [0.29, 0.717) is 0 Å². The molecule has 8 nitrogen and oxygen atoms in total. The fourth-order valence-corrected chi connectivity index (χ4v) is 4.15. The number of hydrogen-bond acceptors (Lipinski definition) is 5. The highest BCUT2D eigenvalue weighted by Gasteiger charge is 2.46. The largest absolute Gasteiger partial charge is 0.469 e. The van der Waals surface area contributed by atoms with E-state index in [9.17, 15) is 14.4 Å². The molecule has 2 unspecified atom stereocenters. The first-order valence-corrected chi connectivity index (χ1v) is 9.57. The van der Waals surface area contributed by atoms with Crippen LogP contribution in [0.3, 0.4) is 0 Å². The quantitative estimate of drug-likeness (QED) is 0.753. The molecule has 2 rings (SSSR count). The molecule has 2 aliphatic rings. The van der Waals surface area contributed by atoms with E-state index in [4.69, 9.17) is 9.47 Å². The van der Waals surface area contributed by atoms with Crippen LogP contribution in [0.15, 0.2) is 0 Å². The molecule has 2 aliphatic heterocycles. The number of carbonyl (C=O) groups excluding carboxylic acids is 3. The van der Waals surface area contributed by atoms with Crippen molar-refractivity contribution in [3.8, 4) is 0 Å². The molecule has 2 bridgehead atoms. The molecule has 0 aliphatic carbocycles. The third kappa shape index (κ3) is 5.49. The zero-order valence-corrected chi connectivity index (χ0v) is 17.3. The molecule has 8 heteroatoms. The highest BCUT2D eigenvalue weighted by atomic mass is 16.6. The van der Waals surface area contributed by atoms with Crippen LogP contribution >= 0.6 is 0 Å². The Morgan fingerprint density at radius 2 is 1.70 bits per heavy atom.